The molecule has 0 saturated carbocycles. The number of benzene rings is 1. The molecule has 0 atom stereocenters. The molecule has 0 bridgehead atoms. The van der Waals surface area contributed by atoms with Gasteiger partial charge in [0.05, 0.1) is 26.4 Å². The van der Waals surface area contributed by atoms with Gasteiger partial charge in [0.15, 0.2) is 0 Å². The lowest BCUT2D eigenvalue weighted by atomic mass is 10.1. The van der Waals surface area contributed by atoms with E-state index in [2.05, 4.69) is 4.72 Å². The SMILES string of the molecule is CCS(=O)(=O)NC1CCN(c2c(Cl)cc([N+](=O)[O-])cc2Cl)CC1. The highest BCUT2D eigenvalue weighted by atomic mass is 35.5. The van der Waals surface area contributed by atoms with Crippen LogP contribution in [-0.4, -0.2) is 38.2 Å². The molecule has 128 valence electrons. The molecule has 7 nitrogen and oxygen atoms in total. The fraction of sp³-hybridized carbons (Fsp3) is 0.538. The predicted octanol–water partition coefficient (Wildman–Crippen LogP) is 2.81. The van der Waals surface area contributed by atoms with Crippen LogP contribution in [0, 0.1) is 10.1 Å². The number of halogens is 2. The molecule has 1 N–H and O–H groups in total. The van der Waals surface area contributed by atoms with Gasteiger partial charge in [0.25, 0.3) is 5.69 Å². The third-order valence-corrected chi connectivity index (χ3v) is 5.78. The quantitative estimate of drug-likeness (QED) is 0.625. The average Bonchev–Trinajstić information content (AvgIpc) is 2.48. The molecular weight excluding hydrogens is 365 g/mol. The Balaban J connectivity index is 2.10. The van der Waals surface area contributed by atoms with Gasteiger partial charge in [0.1, 0.15) is 0 Å². The van der Waals surface area contributed by atoms with Gasteiger partial charge in [-0.3, -0.25) is 10.1 Å². The van der Waals surface area contributed by atoms with Crippen LogP contribution >= 0.6 is 23.2 Å². The van der Waals surface area contributed by atoms with Gasteiger partial charge in [0, 0.05) is 31.3 Å². The number of nitrogens with one attached hydrogen (secondary N) is 1. The summed E-state index contributed by atoms with van der Waals surface area (Å²) in [4.78, 5) is 12.2. The highest BCUT2D eigenvalue weighted by Crippen LogP contribution is 2.38. The first-order valence-corrected chi connectivity index (χ1v) is 9.52. The third kappa shape index (κ3) is 4.47. The van der Waals surface area contributed by atoms with Gasteiger partial charge >= 0.3 is 0 Å². The van der Waals surface area contributed by atoms with E-state index in [1.807, 2.05) is 4.90 Å². The molecular formula is C13H17Cl2N3O4S. The summed E-state index contributed by atoms with van der Waals surface area (Å²) in [7, 11) is -3.23. The number of nitro benzene ring substituents is 1. The first kappa shape index (κ1) is 18.3. The Bertz CT molecular complexity index is 680. The second-order valence-corrected chi connectivity index (χ2v) is 8.15. The molecule has 0 aromatic heterocycles. The van der Waals surface area contributed by atoms with E-state index in [0.717, 1.165) is 0 Å². The van der Waals surface area contributed by atoms with Gasteiger partial charge in [-0.1, -0.05) is 23.2 Å². The topological polar surface area (TPSA) is 92.6 Å². The Kier molecular flexibility index (Phi) is 5.72. The van der Waals surface area contributed by atoms with E-state index < -0.39 is 14.9 Å². The molecule has 10 heteroatoms. The number of nitro groups is 1. The molecule has 1 saturated heterocycles. The van der Waals surface area contributed by atoms with Crippen LogP contribution in [-0.2, 0) is 10.0 Å². The van der Waals surface area contributed by atoms with Crippen molar-refractivity contribution >= 4 is 44.6 Å². The van der Waals surface area contributed by atoms with Gasteiger partial charge in [-0.25, -0.2) is 13.1 Å². The van der Waals surface area contributed by atoms with Crippen LogP contribution in [0.15, 0.2) is 12.1 Å². The van der Waals surface area contributed by atoms with Crippen molar-refractivity contribution in [1.82, 2.24) is 4.72 Å². The monoisotopic (exact) mass is 381 g/mol. The molecule has 1 aliphatic rings. The molecule has 23 heavy (non-hydrogen) atoms. The zero-order valence-electron chi connectivity index (χ0n) is 12.5. The highest BCUT2D eigenvalue weighted by molar-refractivity contribution is 7.89. The van der Waals surface area contributed by atoms with E-state index in [4.69, 9.17) is 23.2 Å². The van der Waals surface area contributed by atoms with E-state index in [1.54, 1.807) is 6.92 Å². The van der Waals surface area contributed by atoms with Gasteiger partial charge in [0.2, 0.25) is 10.0 Å². The van der Waals surface area contributed by atoms with Crippen LogP contribution in [0.1, 0.15) is 19.8 Å². The van der Waals surface area contributed by atoms with Crippen molar-refractivity contribution < 1.29 is 13.3 Å². The van der Waals surface area contributed by atoms with Crippen molar-refractivity contribution in [2.45, 2.75) is 25.8 Å². The molecule has 1 aromatic carbocycles. The summed E-state index contributed by atoms with van der Waals surface area (Å²) in [5.74, 6) is 0.0488. The van der Waals surface area contributed by atoms with Gasteiger partial charge in [-0.05, 0) is 19.8 Å². The lowest BCUT2D eigenvalue weighted by Gasteiger charge is -2.34. The Labute approximate surface area is 144 Å². The minimum absolute atomic E-state index is 0.0488. The summed E-state index contributed by atoms with van der Waals surface area (Å²) in [6.45, 7) is 2.72. The number of nitrogens with zero attached hydrogens (tertiary/aromatic N) is 2. The van der Waals surface area contributed by atoms with Crippen molar-refractivity contribution in [3.63, 3.8) is 0 Å². The Morgan fingerprint density at radius 2 is 1.83 bits per heavy atom. The second kappa shape index (κ2) is 7.21. The van der Waals surface area contributed by atoms with Crippen LogP contribution in [0.4, 0.5) is 11.4 Å². The van der Waals surface area contributed by atoms with Crippen LogP contribution in [0.5, 0.6) is 0 Å². The molecule has 1 aromatic rings. The minimum Gasteiger partial charge on any atom is -0.369 e. The number of anilines is 1. The van der Waals surface area contributed by atoms with E-state index in [1.165, 1.54) is 12.1 Å². The van der Waals surface area contributed by atoms with Crippen LogP contribution in [0.2, 0.25) is 10.0 Å². The molecule has 1 heterocycles. The maximum atomic E-state index is 11.6. The standard InChI is InChI=1S/C13H17Cl2N3O4S/c1-2-23(21,22)16-9-3-5-17(6-4-9)13-11(14)7-10(18(19)20)8-12(13)15/h7-9,16H,2-6H2,1H3. The molecule has 0 aliphatic carbocycles. The summed E-state index contributed by atoms with van der Waals surface area (Å²) in [6, 6.07) is 2.43. The largest absolute Gasteiger partial charge is 0.369 e. The summed E-state index contributed by atoms with van der Waals surface area (Å²) < 4.78 is 25.9. The van der Waals surface area contributed by atoms with Crippen molar-refractivity contribution in [2.75, 3.05) is 23.7 Å². The van der Waals surface area contributed by atoms with E-state index in [-0.39, 0.29) is 27.5 Å². The van der Waals surface area contributed by atoms with Crippen LogP contribution in [0.25, 0.3) is 0 Å². The molecule has 1 aliphatic heterocycles. The first-order valence-electron chi connectivity index (χ1n) is 7.12. The summed E-state index contributed by atoms with van der Waals surface area (Å²) in [5, 5.41) is 11.2. The predicted molar refractivity (Wildman–Crippen MR) is 90.9 cm³/mol. The lowest BCUT2D eigenvalue weighted by molar-refractivity contribution is -0.384. The molecule has 0 unspecified atom stereocenters. The Morgan fingerprint density at radius 1 is 1.30 bits per heavy atom. The normalized spacial score (nSPS) is 16.6. The molecule has 0 radical (unpaired) electrons. The number of piperidine rings is 1. The van der Waals surface area contributed by atoms with E-state index in [9.17, 15) is 18.5 Å². The number of hydrogen-bond acceptors (Lipinski definition) is 5. The van der Waals surface area contributed by atoms with Crippen molar-refractivity contribution in [2.24, 2.45) is 0 Å². The average molecular weight is 382 g/mol. The third-order valence-electron chi connectivity index (χ3n) is 3.75. The second-order valence-electron chi connectivity index (χ2n) is 5.30. The highest BCUT2D eigenvalue weighted by Gasteiger charge is 2.26. The molecule has 0 spiro atoms. The van der Waals surface area contributed by atoms with Gasteiger partial charge < -0.3 is 4.90 Å². The van der Waals surface area contributed by atoms with Crippen molar-refractivity contribution in [1.29, 1.82) is 0 Å². The Morgan fingerprint density at radius 3 is 2.26 bits per heavy atom. The molecule has 0 amide bonds. The summed E-state index contributed by atoms with van der Waals surface area (Å²) in [6.07, 6.45) is 1.23. The molecule has 2 rings (SSSR count). The maximum absolute atomic E-state index is 11.6. The fourth-order valence-corrected chi connectivity index (χ4v) is 4.14. The number of hydrogen-bond donors (Lipinski definition) is 1. The first-order chi connectivity index (χ1) is 10.7. The number of rotatable bonds is 5. The zero-order valence-corrected chi connectivity index (χ0v) is 14.8. The maximum Gasteiger partial charge on any atom is 0.272 e. The fourth-order valence-electron chi connectivity index (χ4n) is 2.52. The Hall–Kier alpha value is -1.09. The zero-order chi connectivity index (χ0) is 17.2. The van der Waals surface area contributed by atoms with Gasteiger partial charge in [-0.15, -0.1) is 0 Å². The van der Waals surface area contributed by atoms with Crippen LogP contribution in [0.3, 0.4) is 0 Å². The van der Waals surface area contributed by atoms with Crippen LogP contribution < -0.4 is 9.62 Å². The number of non-ortho nitro benzene ring substituents is 1. The molecule has 1 fully saturated rings. The van der Waals surface area contributed by atoms with Crippen molar-refractivity contribution in [3.05, 3.63) is 32.3 Å². The van der Waals surface area contributed by atoms with E-state index in [0.29, 0.717) is 31.6 Å². The minimum atomic E-state index is -3.23. The summed E-state index contributed by atoms with van der Waals surface area (Å²) >= 11 is 12.3. The summed E-state index contributed by atoms with van der Waals surface area (Å²) in [5.41, 5.74) is 0.394. The van der Waals surface area contributed by atoms with Crippen molar-refractivity contribution in [3.8, 4) is 0 Å². The smallest absolute Gasteiger partial charge is 0.272 e. The van der Waals surface area contributed by atoms with Gasteiger partial charge in [-0.2, -0.15) is 0 Å². The van der Waals surface area contributed by atoms with E-state index >= 15 is 0 Å². The number of sulfonamides is 1. The lowest BCUT2D eigenvalue weighted by Crippen LogP contribution is -2.45.